The molecular weight excluding hydrogens is 336 g/mol. The Balaban J connectivity index is 1.54. The lowest BCUT2D eigenvalue weighted by atomic mass is 9.91. The molecule has 1 unspecified atom stereocenters. The van der Waals surface area contributed by atoms with E-state index in [0.717, 1.165) is 55.1 Å². The Hall–Kier alpha value is -2.27. The number of carbonyl (C=O) groups is 1. The maximum Gasteiger partial charge on any atom is 0.226 e. The van der Waals surface area contributed by atoms with Crippen molar-refractivity contribution >= 4 is 5.91 Å². The molecule has 2 aromatic rings. The molecular formula is C22H28N4O. The van der Waals surface area contributed by atoms with Gasteiger partial charge >= 0.3 is 0 Å². The maximum atomic E-state index is 13.4. The van der Waals surface area contributed by atoms with E-state index in [0.29, 0.717) is 13.1 Å². The largest absolute Gasteiger partial charge is 0.331 e. The third kappa shape index (κ3) is 4.03. The van der Waals surface area contributed by atoms with Gasteiger partial charge in [-0.1, -0.05) is 12.1 Å². The lowest BCUT2D eigenvalue weighted by Gasteiger charge is -2.27. The van der Waals surface area contributed by atoms with Crippen LogP contribution in [-0.4, -0.2) is 33.9 Å². The van der Waals surface area contributed by atoms with Crippen LogP contribution in [0.2, 0.25) is 0 Å². The van der Waals surface area contributed by atoms with Crippen LogP contribution in [0.15, 0.2) is 36.4 Å². The van der Waals surface area contributed by atoms with E-state index in [2.05, 4.69) is 15.3 Å². The van der Waals surface area contributed by atoms with E-state index < -0.39 is 0 Å². The molecule has 1 atom stereocenters. The second-order valence-corrected chi connectivity index (χ2v) is 8.10. The first-order valence-electron chi connectivity index (χ1n) is 9.90. The van der Waals surface area contributed by atoms with Gasteiger partial charge in [0.25, 0.3) is 0 Å². The van der Waals surface area contributed by atoms with Crippen LogP contribution in [0.4, 0.5) is 0 Å². The molecule has 0 aromatic carbocycles. The maximum absolute atomic E-state index is 13.4. The van der Waals surface area contributed by atoms with Gasteiger partial charge in [-0.2, -0.15) is 0 Å². The summed E-state index contributed by atoms with van der Waals surface area (Å²) in [7, 11) is 0. The van der Waals surface area contributed by atoms with Crippen LogP contribution in [-0.2, 0) is 17.9 Å². The number of aryl methyl sites for hydroxylation is 2. The van der Waals surface area contributed by atoms with Gasteiger partial charge in [0, 0.05) is 17.3 Å². The molecule has 142 valence electrons. The van der Waals surface area contributed by atoms with Crippen molar-refractivity contribution < 1.29 is 4.79 Å². The van der Waals surface area contributed by atoms with Crippen LogP contribution in [0.5, 0.6) is 0 Å². The summed E-state index contributed by atoms with van der Waals surface area (Å²) in [5.74, 6) is 0.428. The number of piperidine rings is 1. The van der Waals surface area contributed by atoms with Crippen molar-refractivity contribution in [2.75, 3.05) is 13.1 Å². The summed E-state index contributed by atoms with van der Waals surface area (Å²) in [4.78, 5) is 24.6. The molecule has 0 bridgehead atoms. The number of aromatic nitrogens is 2. The van der Waals surface area contributed by atoms with E-state index in [1.807, 2.05) is 55.1 Å². The summed E-state index contributed by atoms with van der Waals surface area (Å²) in [6, 6.07) is 12.0. The first kappa shape index (κ1) is 18.1. The smallest absolute Gasteiger partial charge is 0.226 e. The SMILES string of the molecule is Cc1cccc(CN(Cc2cccc(C)n2)C(=O)C2CC23CCNCC3)n1. The fourth-order valence-corrected chi connectivity index (χ4v) is 4.37. The highest BCUT2D eigenvalue weighted by molar-refractivity contribution is 5.82. The third-order valence-electron chi connectivity index (χ3n) is 6.00. The highest BCUT2D eigenvalue weighted by atomic mass is 16.2. The van der Waals surface area contributed by atoms with Crippen molar-refractivity contribution in [2.24, 2.45) is 11.3 Å². The Morgan fingerprint density at radius 2 is 1.59 bits per heavy atom. The second-order valence-electron chi connectivity index (χ2n) is 8.10. The zero-order chi connectivity index (χ0) is 18.9. The summed E-state index contributed by atoms with van der Waals surface area (Å²) in [5.41, 5.74) is 4.08. The van der Waals surface area contributed by atoms with Gasteiger partial charge < -0.3 is 10.2 Å². The summed E-state index contributed by atoms with van der Waals surface area (Å²) in [6.07, 6.45) is 3.26. The number of amides is 1. The Kier molecular flexibility index (Phi) is 4.96. The average molecular weight is 364 g/mol. The number of pyridine rings is 2. The molecule has 1 spiro atoms. The first-order chi connectivity index (χ1) is 13.1. The highest BCUT2D eigenvalue weighted by Crippen LogP contribution is 2.59. The lowest BCUT2D eigenvalue weighted by molar-refractivity contribution is -0.135. The number of nitrogens with one attached hydrogen (secondary N) is 1. The molecule has 5 nitrogen and oxygen atoms in total. The summed E-state index contributed by atoms with van der Waals surface area (Å²) < 4.78 is 0. The molecule has 0 radical (unpaired) electrons. The van der Waals surface area contributed by atoms with E-state index in [9.17, 15) is 4.79 Å². The van der Waals surface area contributed by atoms with E-state index in [1.165, 1.54) is 0 Å². The molecule has 1 aliphatic heterocycles. The fourth-order valence-electron chi connectivity index (χ4n) is 4.37. The quantitative estimate of drug-likeness (QED) is 0.886. The minimum atomic E-state index is 0.161. The highest BCUT2D eigenvalue weighted by Gasteiger charge is 2.58. The molecule has 1 saturated carbocycles. The van der Waals surface area contributed by atoms with Crippen molar-refractivity contribution in [3.8, 4) is 0 Å². The van der Waals surface area contributed by atoms with E-state index in [-0.39, 0.29) is 17.2 Å². The zero-order valence-corrected chi connectivity index (χ0v) is 16.2. The molecule has 1 amide bonds. The van der Waals surface area contributed by atoms with Gasteiger partial charge in [-0.3, -0.25) is 14.8 Å². The molecule has 1 saturated heterocycles. The minimum absolute atomic E-state index is 0.161. The van der Waals surface area contributed by atoms with Gasteiger partial charge in [0.05, 0.1) is 24.5 Å². The van der Waals surface area contributed by atoms with Gasteiger partial charge in [0.2, 0.25) is 5.91 Å². The second kappa shape index (κ2) is 7.39. The standard InChI is InChI=1S/C22H28N4O/c1-16-5-3-7-18(24-16)14-26(15-19-8-4-6-17(2)25-19)21(27)20-13-22(20)9-11-23-12-10-22/h3-8,20,23H,9-15H2,1-2H3. The van der Waals surface area contributed by atoms with Gasteiger partial charge in [0.15, 0.2) is 0 Å². The fraction of sp³-hybridized carbons (Fsp3) is 0.500. The Labute approximate surface area is 161 Å². The van der Waals surface area contributed by atoms with Gasteiger partial charge in [0.1, 0.15) is 0 Å². The third-order valence-corrected chi connectivity index (χ3v) is 6.00. The molecule has 27 heavy (non-hydrogen) atoms. The van der Waals surface area contributed by atoms with E-state index in [4.69, 9.17) is 0 Å². The monoisotopic (exact) mass is 364 g/mol. The lowest BCUT2D eigenvalue weighted by Crippen LogP contribution is -2.36. The molecule has 1 aliphatic carbocycles. The minimum Gasteiger partial charge on any atom is -0.331 e. The van der Waals surface area contributed by atoms with Crippen molar-refractivity contribution in [3.05, 3.63) is 59.2 Å². The van der Waals surface area contributed by atoms with Crippen molar-refractivity contribution in [3.63, 3.8) is 0 Å². The summed E-state index contributed by atoms with van der Waals surface area (Å²) >= 11 is 0. The number of hydrogen-bond acceptors (Lipinski definition) is 4. The Morgan fingerprint density at radius 3 is 2.11 bits per heavy atom. The normalized spacial score (nSPS) is 20.4. The number of nitrogens with zero attached hydrogens (tertiary/aromatic N) is 3. The van der Waals surface area contributed by atoms with E-state index in [1.54, 1.807) is 0 Å². The van der Waals surface area contributed by atoms with Gasteiger partial charge in [-0.25, -0.2) is 0 Å². The molecule has 2 aliphatic rings. The van der Waals surface area contributed by atoms with Crippen LogP contribution in [0, 0.1) is 25.2 Å². The molecule has 2 fully saturated rings. The number of rotatable bonds is 5. The summed E-state index contributed by atoms with van der Waals surface area (Å²) in [6.45, 7) is 7.12. The summed E-state index contributed by atoms with van der Waals surface area (Å²) in [5, 5.41) is 3.42. The number of carbonyl (C=O) groups excluding carboxylic acids is 1. The molecule has 3 heterocycles. The predicted octanol–water partition coefficient (Wildman–Crippen LogP) is 3.01. The molecule has 5 heteroatoms. The molecule has 4 rings (SSSR count). The van der Waals surface area contributed by atoms with Crippen molar-refractivity contribution in [1.29, 1.82) is 0 Å². The molecule has 1 N–H and O–H groups in total. The van der Waals surface area contributed by atoms with Gasteiger partial charge in [-0.15, -0.1) is 0 Å². The van der Waals surface area contributed by atoms with Crippen LogP contribution < -0.4 is 5.32 Å². The predicted molar refractivity (Wildman–Crippen MR) is 105 cm³/mol. The number of hydrogen-bond donors (Lipinski definition) is 1. The van der Waals surface area contributed by atoms with Crippen LogP contribution in [0.3, 0.4) is 0 Å². The molecule has 2 aromatic heterocycles. The Bertz CT molecular complexity index is 781. The van der Waals surface area contributed by atoms with Crippen LogP contribution in [0.25, 0.3) is 0 Å². The van der Waals surface area contributed by atoms with Crippen LogP contribution in [0.1, 0.15) is 42.0 Å². The first-order valence-corrected chi connectivity index (χ1v) is 9.90. The van der Waals surface area contributed by atoms with Gasteiger partial charge in [-0.05, 0) is 75.9 Å². The van der Waals surface area contributed by atoms with E-state index >= 15 is 0 Å². The van der Waals surface area contributed by atoms with Crippen molar-refractivity contribution in [2.45, 2.75) is 46.2 Å². The van der Waals surface area contributed by atoms with Crippen molar-refractivity contribution in [1.82, 2.24) is 20.2 Å². The average Bonchev–Trinajstić information content (AvgIpc) is 3.34. The topological polar surface area (TPSA) is 58.1 Å². The van der Waals surface area contributed by atoms with Crippen LogP contribution >= 0.6 is 0 Å². The Morgan fingerprint density at radius 1 is 1.04 bits per heavy atom. The zero-order valence-electron chi connectivity index (χ0n) is 16.2.